The molecule has 1 nitrogen and oxygen atoms in total. The molecule has 0 amide bonds. The molecule has 37 heavy (non-hydrogen) atoms. The molecule has 1 N–H and O–H groups in total. The molecule has 0 saturated heterocycles. The largest absolute Gasteiger partial charge is 0.354 e. The van der Waals surface area contributed by atoms with Gasteiger partial charge in [0.05, 0.1) is 5.69 Å². The predicted octanol–water partition coefficient (Wildman–Crippen LogP) is 10.4. The molecule has 6 rings (SSSR count). The molecule has 1 heteroatoms. The minimum absolute atomic E-state index is 0.118. The lowest BCUT2D eigenvalue weighted by molar-refractivity contribution is 0.590. The van der Waals surface area contributed by atoms with E-state index in [1.807, 2.05) is 0 Å². The summed E-state index contributed by atoms with van der Waals surface area (Å²) in [5, 5.41) is 6.46. The van der Waals surface area contributed by atoms with Crippen molar-refractivity contribution in [2.45, 2.75) is 52.4 Å². The van der Waals surface area contributed by atoms with Crippen LogP contribution in [0.3, 0.4) is 0 Å². The van der Waals surface area contributed by atoms with Gasteiger partial charge < -0.3 is 4.98 Å². The van der Waals surface area contributed by atoms with Crippen molar-refractivity contribution in [2.24, 2.45) is 0 Å². The van der Waals surface area contributed by atoms with E-state index in [4.69, 9.17) is 0 Å². The SMILES string of the molecule is CC(C)(C)c1ccc(-c2[nH]c3ccc4ccc5ccccc5c4c3c2-c2ccc(C(C)(C)C)cc2)cc1. The molecule has 5 aromatic carbocycles. The Morgan fingerprint density at radius 1 is 0.486 bits per heavy atom. The van der Waals surface area contributed by atoms with Crippen LogP contribution in [0, 0.1) is 0 Å². The quantitative estimate of drug-likeness (QED) is 0.237. The Morgan fingerprint density at radius 3 is 1.65 bits per heavy atom. The van der Waals surface area contributed by atoms with Crippen molar-refractivity contribution in [3.8, 4) is 22.4 Å². The maximum atomic E-state index is 3.84. The molecule has 0 spiro atoms. The van der Waals surface area contributed by atoms with Crippen molar-refractivity contribution in [3.05, 3.63) is 108 Å². The highest BCUT2D eigenvalue weighted by atomic mass is 14.7. The van der Waals surface area contributed by atoms with E-state index in [0.29, 0.717) is 0 Å². The van der Waals surface area contributed by atoms with E-state index in [9.17, 15) is 0 Å². The van der Waals surface area contributed by atoms with Gasteiger partial charge in [0, 0.05) is 16.5 Å². The van der Waals surface area contributed by atoms with Crippen LogP contribution in [0.1, 0.15) is 52.7 Å². The van der Waals surface area contributed by atoms with Crippen LogP contribution < -0.4 is 0 Å². The second kappa shape index (κ2) is 8.35. The summed E-state index contributed by atoms with van der Waals surface area (Å²) in [4.78, 5) is 3.84. The molecule has 0 radical (unpaired) electrons. The number of rotatable bonds is 2. The lowest BCUT2D eigenvalue weighted by atomic mass is 9.85. The number of hydrogen-bond acceptors (Lipinski definition) is 0. The molecule has 0 unspecified atom stereocenters. The summed E-state index contributed by atoms with van der Waals surface area (Å²) in [7, 11) is 0. The van der Waals surface area contributed by atoms with Crippen LogP contribution >= 0.6 is 0 Å². The number of H-pyrrole nitrogens is 1. The van der Waals surface area contributed by atoms with Gasteiger partial charge in [0.1, 0.15) is 0 Å². The fourth-order valence-electron chi connectivity index (χ4n) is 5.56. The molecule has 0 aliphatic carbocycles. The first-order chi connectivity index (χ1) is 17.6. The maximum absolute atomic E-state index is 3.84. The first-order valence-corrected chi connectivity index (χ1v) is 13.3. The van der Waals surface area contributed by atoms with Gasteiger partial charge in [-0.25, -0.2) is 0 Å². The van der Waals surface area contributed by atoms with Gasteiger partial charge in [0.2, 0.25) is 0 Å². The van der Waals surface area contributed by atoms with Crippen molar-refractivity contribution in [3.63, 3.8) is 0 Å². The van der Waals surface area contributed by atoms with E-state index in [-0.39, 0.29) is 10.8 Å². The molecular weight excluding hydrogens is 446 g/mol. The Bertz CT molecular complexity index is 1750. The second-order valence-electron chi connectivity index (χ2n) is 12.4. The molecule has 1 aromatic heterocycles. The molecular formula is C36H35N. The first kappa shape index (κ1) is 23.6. The average molecular weight is 482 g/mol. The summed E-state index contributed by atoms with van der Waals surface area (Å²) < 4.78 is 0. The molecule has 6 aromatic rings. The fourth-order valence-corrected chi connectivity index (χ4v) is 5.56. The third-order valence-electron chi connectivity index (χ3n) is 7.75. The predicted molar refractivity (Wildman–Crippen MR) is 162 cm³/mol. The van der Waals surface area contributed by atoms with E-state index in [2.05, 4.69) is 144 Å². The highest BCUT2D eigenvalue weighted by Gasteiger charge is 2.21. The Morgan fingerprint density at radius 2 is 1.03 bits per heavy atom. The Hall–Kier alpha value is -3.84. The van der Waals surface area contributed by atoms with Gasteiger partial charge in [-0.1, -0.05) is 133 Å². The molecule has 0 saturated carbocycles. The van der Waals surface area contributed by atoms with Crippen molar-refractivity contribution in [2.75, 3.05) is 0 Å². The Balaban J connectivity index is 1.70. The monoisotopic (exact) mass is 481 g/mol. The van der Waals surface area contributed by atoms with E-state index < -0.39 is 0 Å². The van der Waals surface area contributed by atoms with E-state index >= 15 is 0 Å². The number of fused-ring (bicyclic) bond motifs is 5. The summed E-state index contributed by atoms with van der Waals surface area (Å²) in [6.45, 7) is 13.6. The molecule has 0 atom stereocenters. The van der Waals surface area contributed by atoms with Crippen LogP contribution in [0.2, 0.25) is 0 Å². The van der Waals surface area contributed by atoms with Crippen LogP contribution in [0.15, 0.2) is 97.1 Å². The molecule has 0 aliphatic rings. The van der Waals surface area contributed by atoms with Crippen LogP contribution in [0.25, 0.3) is 54.8 Å². The van der Waals surface area contributed by atoms with Crippen LogP contribution in [0.5, 0.6) is 0 Å². The van der Waals surface area contributed by atoms with Crippen LogP contribution in [-0.4, -0.2) is 4.98 Å². The van der Waals surface area contributed by atoms with Gasteiger partial charge in [-0.2, -0.15) is 0 Å². The summed E-state index contributed by atoms with van der Waals surface area (Å²) in [5.74, 6) is 0. The molecule has 1 heterocycles. The zero-order valence-corrected chi connectivity index (χ0v) is 22.7. The van der Waals surface area contributed by atoms with Gasteiger partial charge in [-0.3, -0.25) is 0 Å². The van der Waals surface area contributed by atoms with Crippen molar-refractivity contribution >= 4 is 32.4 Å². The third kappa shape index (κ3) is 4.03. The molecule has 184 valence electrons. The number of aromatic nitrogens is 1. The summed E-state index contributed by atoms with van der Waals surface area (Å²) in [5.41, 5.74) is 9.03. The second-order valence-corrected chi connectivity index (χ2v) is 12.4. The van der Waals surface area contributed by atoms with Gasteiger partial charge in [-0.15, -0.1) is 0 Å². The van der Waals surface area contributed by atoms with Crippen molar-refractivity contribution < 1.29 is 0 Å². The Labute approximate surface area is 220 Å². The van der Waals surface area contributed by atoms with Gasteiger partial charge in [0.15, 0.2) is 0 Å². The van der Waals surface area contributed by atoms with Gasteiger partial charge >= 0.3 is 0 Å². The van der Waals surface area contributed by atoms with Crippen molar-refractivity contribution in [1.82, 2.24) is 4.98 Å². The number of nitrogens with one attached hydrogen (secondary N) is 1. The lowest BCUT2D eigenvalue weighted by Crippen LogP contribution is -2.10. The topological polar surface area (TPSA) is 15.8 Å². The number of benzene rings is 5. The normalized spacial score (nSPS) is 12.6. The number of aromatic amines is 1. The number of hydrogen-bond donors (Lipinski definition) is 1. The third-order valence-corrected chi connectivity index (χ3v) is 7.75. The van der Waals surface area contributed by atoms with Gasteiger partial charge in [0.25, 0.3) is 0 Å². The maximum Gasteiger partial charge on any atom is 0.0544 e. The highest BCUT2D eigenvalue weighted by Crippen LogP contribution is 2.44. The molecule has 0 fully saturated rings. The summed E-state index contributed by atoms with van der Waals surface area (Å²) in [6.07, 6.45) is 0. The molecule has 0 bridgehead atoms. The first-order valence-electron chi connectivity index (χ1n) is 13.3. The molecule has 0 aliphatic heterocycles. The zero-order valence-electron chi connectivity index (χ0n) is 22.7. The van der Waals surface area contributed by atoms with E-state index in [1.54, 1.807) is 0 Å². The highest BCUT2D eigenvalue weighted by molar-refractivity contribution is 6.25. The smallest absolute Gasteiger partial charge is 0.0544 e. The lowest BCUT2D eigenvalue weighted by Gasteiger charge is -2.20. The van der Waals surface area contributed by atoms with E-state index in [1.165, 1.54) is 66.0 Å². The minimum atomic E-state index is 0.118. The van der Waals surface area contributed by atoms with E-state index in [0.717, 1.165) is 0 Å². The summed E-state index contributed by atoms with van der Waals surface area (Å²) in [6, 6.07) is 36.0. The standard InChI is InChI=1S/C36H35N/c1-35(2,3)27-18-13-25(14-19-27)32-33-30(37-34(32)26-15-20-28(21-16-26)36(4,5)6)22-17-24-12-11-23-9-7-8-10-29(23)31(24)33/h7-22,37H,1-6H3. The fraction of sp³-hybridized carbons (Fsp3) is 0.222. The average Bonchev–Trinajstić information content (AvgIpc) is 3.27. The zero-order chi connectivity index (χ0) is 25.9. The summed E-state index contributed by atoms with van der Waals surface area (Å²) >= 11 is 0. The van der Waals surface area contributed by atoms with Gasteiger partial charge in [-0.05, 0) is 60.7 Å². The van der Waals surface area contributed by atoms with Crippen LogP contribution in [-0.2, 0) is 10.8 Å². The van der Waals surface area contributed by atoms with Crippen LogP contribution in [0.4, 0.5) is 0 Å². The Kier molecular flexibility index (Phi) is 5.31. The minimum Gasteiger partial charge on any atom is -0.354 e. The van der Waals surface area contributed by atoms with Crippen molar-refractivity contribution in [1.29, 1.82) is 0 Å².